The predicted octanol–water partition coefficient (Wildman–Crippen LogP) is 1.67. The van der Waals surface area contributed by atoms with E-state index in [2.05, 4.69) is 15.5 Å². The van der Waals surface area contributed by atoms with Crippen molar-refractivity contribution < 1.29 is 0 Å². The van der Waals surface area contributed by atoms with Crippen molar-refractivity contribution in [2.24, 2.45) is 0 Å². The van der Waals surface area contributed by atoms with Crippen molar-refractivity contribution in [2.45, 2.75) is 0 Å². The van der Waals surface area contributed by atoms with Crippen LogP contribution in [0.3, 0.4) is 0 Å². The molecule has 0 bridgehead atoms. The summed E-state index contributed by atoms with van der Waals surface area (Å²) in [7, 11) is 1.83. The summed E-state index contributed by atoms with van der Waals surface area (Å²) in [6, 6.07) is 9.88. The molecule has 3 heteroatoms. The topological polar surface area (TPSA) is 37.8 Å². The van der Waals surface area contributed by atoms with Gasteiger partial charge >= 0.3 is 0 Å². The van der Waals surface area contributed by atoms with Crippen LogP contribution in [-0.2, 0) is 0 Å². The molecule has 0 aliphatic carbocycles. The number of fused-ring (bicyclic) bond motifs is 1. The Bertz CT molecular complexity index is 398. The Balaban J connectivity index is 2.67. The van der Waals surface area contributed by atoms with E-state index in [0.29, 0.717) is 0 Å². The van der Waals surface area contributed by atoms with Gasteiger partial charge in [-0.05, 0) is 12.1 Å². The molecule has 12 heavy (non-hydrogen) atoms. The van der Waals surface area contributed by atoms with E-state index in [0.717, 1.165) is 16.7 Å². The molecule has 0 saturated heterocycles. The number of hydrogen-bond acceptors (Lipinski definition) is 3. The number of nitrogens with zero attached hydrogens (tertiary/aromatic N) is 2. The number of anilines is 1. The fraction of sp³-hybridized carbons (Fsp3) is 0.111. The Morgan fingerprint density at radius 3 is 2.83 bits per heavy atom. The zero-order chi connectivity index (χ0) is 8.39. The number of hydrogen-bond donors (Lipinski definition) is 1. The van der Waals surface area contributed by atoms with Crippen LogP contribution in [0.5, 0.6) is 0 Å². The molecule has 0 radical (unpaired) electrons. The molecule has 0 atom stereocenters. The normalized spacial score (nSPS) is 10.1. The van der Waals surface area contributed by atoms with E-state index in [4.69, 9.17) is 0 Å². The van der Waals surface area contributed by atoms with Gasteiger partial charge < -0.3 is 5.32 Å². The summed E-state index contributed by atoms with van der Waals surface area (Å²) in [5.74, 6) is 0.800. The molecule has 0 saturated carbocycles. The summed E-state index contributed by atoms with van der Waals surface area (Å²) in [6.45, 7) is 0. The van der Waals surface area contributed by atoms with Crippen molar-refractivity contribution in [2.75, 3.05) is 12.4 Å². The predicted molar refractivity (Wildman–Crippen MR) is 49.1 cm³/mol. The first-order chi connectivity index (χ1) is 5.90. The highest BCUT2D eigenvalue weighted by molar-refractivity contribution is 5.79. The number of nitrogens with one attached hydrogen (secondary N) is 1. The van der Waals surface area contributed by atoms with Gasteiger partial charge in [0.05, 0.1) is 5.52 Å². The number of aromatic nitrogens is 2. The molecule has 2 rings (SSSR count). The lowest BCUT2D eigenvalue weighted by Gasteiger charge is -1.98. The first-order valence-corrected chi connectivity index (χ1v) is 3.80. The van der Waals surface area contributed by atoms with Crippen molar-refractivity contribution in [3.05, 3.63) is 30.3 Å². The third-order valence-electron chi connectivity index (χ3n) is 1.75. The van der Waals surface area contributed by atoms with E-state index in [1.807, 2.05) is 37.4 Å². The van der Waals surface area contributed by atoms with Crippen LogP contribution in [0.1, 0.15) is 0 Å². The van der Waals surface area contributed by atoms with Crippen molar-refractivity contribution in [1.82, 2.24) is 10.2 Å². The van der Waals surface area contributed by atoms with Gasteiger partial charge in [0.2, 0.25) is 0 Å². The van der Waals surface area contributed by atoms with E-state index < -0.39 is 0 Å². The Kier molecular flexibility index (Phi) is 1.63. The van der Waals surface area contributed by atoms with Gasteiger partial charge in [-0.3, -0.25) is 0 Å². The maximum atomic E-state index is 4.04. The van der Waals surface area contributed by atoms with Gasteiger partial charge in [0, 0.05) is 12.4 Å². The lowest BCUT2D eigenvalue weighted by molar-refractivity contribution is 1.07. The van der Waals surface area contributed by atoms with Crippen molar-refractivity contribution in [1.29, 1.82) is 0 Å². The Morgan fingerprint density at radius 2 is 2.00 bits per heavy atom. The van der Waals surface area contributed by atoms with Crippen LogP contribution >= 0.6 is 0 Å². The zero-order valence-corrected chi connectivity index (χ0v) is 6.78. The second kappa shape index (κ2) is 2.77. The lowest BCUT2D eigenvalue weighted by atomic mass is 10.2. The Hall–Kier alpha value is -1.64. The van der Waals surface area contributed by atoms with Gasteiger partial charge in [-0.25, -0.2) is 0 Å². The molecule has 2 aromatic rings. The van der Waals surface area contributed by atoms with E-state index in [1.54, 1.807) is 0 Å². The second-order valence-corrected chi connectivity index (χ2v) is 2.54. The molecule has 1 aromatic heterocycles. The second-order valence-electron chi connectivity index (χ2n) is 2.54. The zero-order valence-electron chi connectivity index (χ0n) is 6.78. The molecular formula is C9H9N3. The summed E-state index contributed by atoms with van der Waals surface area (Å²) in [4.78, 5) is 0. The summed E-state index contributed by atoms with van der Waals surface area (Å²) in [5.41, 5.74) is 0.927. The summed E-state index contributed by atoms with van der Waals surface area (Å²) in [5, 5.41) is 12.1. The molecule has 1 N–H and O–H groups in total. The quantitative estimate of drug-likeness (QED) is 0.687. The maximum Gasteiger partial charge on any atom is 0.149 e. The van der Waals surface area contributed by atoms with Crippen molar-refractivity contribution in [3.63, 3.8) is 0 Å². The van der Waals surface area contributed by atoms with Crippen LogP contribution < -0.4 is 5.32 Å². The first-order valence-electron chi connectivity index (χ1n) is 3.80. The molecule has 1 aromatic carbocycles. The molecule has 1 heterocycles. The van der Waals surface area contributed by atoms with Gasteiger partial charge in [-0.2, -0.15) is 0 Å². The standard InChI is InChI=1S/C9H9N3/c1-10-9-6-7-4-2-3-5-8(7)11-12-9/h2-6H,1H3,(H,10,12). The van der Waals surface area contributed by atoms with Gasteiger partial charge in [0.1, 0.15) is 5.82 Å². The van der Waals surface area contributed by atoms with E-state index in [9.17, 15) is 0 Å². The van der Waals surface area contributed by atoms with Gasteiger partial charge in [0.15, 0.2) is 0 Å². The number of rotatable bonds is 1. The van der Waals surface area contributed by atoms with E-state index >= 15 is 0 Å². The van der Waals surface area contributed by atoms with Crippen LogP contribution in [0.25, 0.3) is 10.9 Å². The summed E-state index contributed by atoms with van der Waals surface area (Å²) < 4.78 is 0. The molecule has 0 aliphatic rings. The molecule has 60 valence electrons. The third-order valence-corrected chi connectivity index (χ3v) is 1.75. The van der Waals surface area contributed by atoms with Crippen LogP contribution in [0.2, 0.25) is 0 Å². The Morgan fingerprint density at radius 1 is 1.17 bits per heavy atom. The first kappa shape index (κ1) is 7.03. The average Bonchev–Trinajstić information content (AvgIpc) is 2.17. The summed E-state index contributed by atoms with van der Waals surface area (Å²) in [6.07, 6.45) is 0. The molecule has 0 amide bonds. The minimum atomic E-state index is 0.800. The van der Waals surface area contributed by atoms with Gasteiger partial charge in [-0.15, -0.1) is 10.2 Å². The fourth-order valence-electron chi connectivity index (χ4n) is 1.11. The number of benzene rings is 1. The van der Waals surface area contributed by atoms with Crippen molar-refractivity contribution in [3.8, 4) is 0 Å². The van der Waals surface area contributed by atoms with Gasteiger partial charge in [-0.1, -0.05) is 18.2 Å². The maximum absolute atomic E-state index is 4.04. The highest BCUT2D eigenvalue weighted by atomic mass is 15.2. The average molecular weight is 159 g/mol. The van der Waals surface area contributed by atoms with Crippen LogP contribution in [0.4, 0.5) is 5.82 Å². The SMILES string of the molecule is CNc1cc2ccccc2nn1. The molecule has 0 unspecified atom stereocenters. The minimum absolute atomic E-state index is 0.800. The monoisotopic (exact) mass is 159 g/mol. The smallest absolute Gasteiger partial charge is 0.149 e. The van der Waals surface area contributed by atoms with E-state index in [-0.39, 0.29) is 0 Å². The highest BCUT2D eigenvalue weighted by Gasteiger charge is 1.94. The fourth-order valence-corrected chi connectivity index (χ4v) is 1.11. The highest BCUT2D eigenvalue weighted by Crippen LogP contribution is 2.12. The minimum Gasteiger partial charge on any atom is -0.372 e. The molecule has 0 aliphatic heterocycles. The Labute approximate surface area is 70.4 Å². The van der Waals surface area contributed by atoms with Gasteiger partial charge in [0.25, 0.3) is 0 Å². The van der Waals surface area contributed by atoms with Crippen LogP contribution in [0.15, 0.2) is 30.3 Å². The van der Waals surface area contributed by atoms with E-state index in [1.165, 1.54) is 0 Å². The molecule has 0 fully saturated rings. The molecular weight excluding hydrogens is 150 g/mol. The van der Waals surface area contributed by atoms with Crippen molar-refractivity contribution >= 4 is 16.7 Å². The van der Waals surface area contributed by atoms with Crippen LogP contribution in [-0.4, -0.2) is 17.2 Å². The summed E-state index contributed by atoms with van der Waals surface area (Å²) >= 11 is 0. The van der Waals surface area contributed by atoms with Crippen LogP contribution in [0, 0.1) is 0 Å². The molecule has 0 spiro atoms. The molecule has 3 nitrogen and oxygen atoms in total. The largest absolute Gasteiger partial charge is 0.372 e. The lowest BCUT2D eigenvalue weighted by Crippen LogP contribution is -1.93. The third kappa shape index (κ3) is 1.09.